The number of fused-ring (bicyclic) bond motifs is 1. The Labute approximate surface area is 122 Å². The number of halogens is 1. The summed E-state index contributed by atoms with van der Waals surface area (Å²) in [6, 6.07) is 8.07. The second-order valence-electron chi connectivity index (χ2n) is 4.36. The first-order chi connectivity index (χ1) is 9.21. The van der Waals surface area contributed by atoms with Crippen molar-refractivity contribution in [2.75, 3.05) is 11.5 Å². The highest BCUT2D eigenvalue weighted by molar-refractivity contribution is 7.99. The van der Waals surface area contributed by atoms with Gasteiger partial charge in [0.2, 0.25) is 0 Å². The summed E-state index contributed by atoms with van der Waals surface area (Å²) < 4.78 is 2.16. The van der Waals surface area contributed by atoms with Crippen LogP contribution in [-0.4, -0.2) is 21.1 Å². The molecule has 1 aromatic carbocycles. The van der Waals surface area contributed by atoms with Gasteiger partial charge in [-0.1, -0.05) is 6.92 Å². The fraction of sp³-hybridized carbons (Fsp3) is 0.429. The van der Waals surface area contributed by atoms with E-state index in [0.717, 1.165) is 28.4 Å². The van der Waals surface area contributed by atoms with E-state index in [0.29, 0.717) is 17.5 Å². The lowest BCUT2D eigenvalue weighted by Crippen LogP contribution is -2.11. The zero-order chi connectivity index (χ0) is 13.8. The van der Waals surface area contributed by atoms with Crippen LogP contribution in [0.4, 0.5) is 0 Å². The maximum Gasteiger partial charge on any atom is 0.125 e. The van der Waals surface area contributed by atoms with Crippen molar-refractivity contribution in [1.29, 1.82) is 5.26 Å². The Morgan fingerprint density at radius 3 is 2.95 bits per heavy atom. The zero-order valence-corrected chi connectivity index (χ0v) is 12.6. The number of hydrogen-bond acceptors (Lipinski definition) is 3. The number of nitriles is 1. The van der Waals surface area contributed by atoms with Crippen molar-refractivity contribution < 1.29 is 0 Å². The molecule has 0 radical (unpaired) electrons. The van der Waals surface area contributed by atoms with Gasteiger partial charge in [-0.15, -0.1) is 11.6 Å². The number of imidazole rings is 1. The molecule has 1 heterocycles. The van der Waals surface area contributed by atoms with E-state index in [1.54, 1.807) is 6.07 Å². The van der Waals surface area contributed by atoms with Gasteiger partial charge in [0.05, 0.1) is 28.5 Å². The molecule has 1 aromatic heterocycles. The molecule has 1 atom stereocenters. The Morgan fingerprint density at radius 1 is 1.53 bits per heavy atom. The lowest BCUT2D eigenvalue weighted by Gasteiger charge is -2.16. The van der Waals surface area contributed by atoms with Crippen LogP contribution in [0.2, 0.25) is 0 Å². The summed E-state index contributed by atoms with van der Waals surface area (Å²) in [7, 11) is 0. The van der Waals surface area contributed by atoms with Crippen LogP contribution in [0.5, 0.6) is 0 Å². The molecule has 0 saturated heterocycles. The highest BCUT2D eigenvalue weighted by Crippen LogP contribution is 2.25. The molecule has 5 heteroatoms. The van der Waals surface area contributed by atoms with Crippen LogP contribution >= 0.6 is 23.4 Å². The number of thioether (sulfide) groups is 1. The van der Waals surface area contributed by atoms with Crippen molar-refractivity contribution in [2.24, 2.45) is 0 Å². The van der Waals surface area contributed by atoms with E-state index < -0.39 is 0 Å². The summed E-state index contributed by atoms with van der Waals surface area (Å²) in [4.78, 5) is 4.55. The largest absolute Gasteiger partial charge is 0.323 e. The van der Waals surface area contributed by atoms with E-state index in [-0.39, 0.29) is 0 Å². The molecule has 0 fully saturated rings. The standard InChI is InChI=1S/C14H16ClN3S/c1-3-19-9-10(2)18-13-6-11(8-16)4-5-12(13)17-14(18)7-15/h4-6,10H,3,7,9H2,1-2H3. The summed E-state index contributed by atoms with van der Waals surface area (Å²) in [6.07, 6.45) is 0. The van der Waals surface area contributed by atoms with Gasteiger partial charge in [0, 0.05) is 11.8 Å². The maximum absolute atomic E-state index is 9.02. The van der Waals surface area contributed by atoms with Crippen LogP contribution in [-0.2, 0) is 5.88 Å². The molecule has 0 aliphatic carbocycles. The fourth-order valence-electron chi connectivity index (χ4n) is 2.16. The molecule has 0 bridgehead atoms. The van der Waals surface area contributed by atoms with Crippen molar-refractivity contribution in [1.82, 2.24) is 9.55 Å². The van der Waals surface area contributed by atoms with Crippen molar-refractivity contribution in [3.05, 3.63) is 29.6 Å². The number of aromatic nitrogens is 2. The predicted molar refractivity (Wildman–Crippen MR) is 81.7 cm³/mol. The summed E-state index contributed by atoms with van der Waals surface area (Å²) in [6.45, 7) is 4.32. The van der Waals surface area contributed by atoms with E-state index in [9.17, 15) is 0 Å². The monoisotopic (exact) mass is 293 g/mol. The molecule has 0 spiro atoms. The Bertz CT molecular complexity index is 615. The second kappa shape index (κ2) is 6.31. The Morgan fingerprint density at radius 2 is 2.32 bits per heavy atom. The molecule has 100 valence electrons. The average molecular weight is 294 g/mol. The molecule has 1 unspecified atom stereocenters. The first-order valence-corrected chi connectivity index (χ1v) is 7.94. The summed E-state index contributed by atoms with van der Waals surface area (Å²) in [5.74, 6) is 3.37. The third kappa shape index (κ3) is 2.88. The van der Waals surface area contributed by atoms with Gasteiger partial charge in [-0.25, -0.2) is 4.98 Å². The molecule has 0 N–H and O–H groups in total. The third-order valence-electron chi connectivity index (χ3n) is 3.02. The van der Waals surface area contributed by atoms with Crippen molar-refractivity contribution in [3.8, 4) is 6.07 Å². The van der Waals surface area contributed by atoms with Crippen LogP contribution in [0.3, 0.4) is 0 Å². The third-order valence-corrected chi connectivity index (χ3v) is 4.38. The van der Waals surface area contributed by atoms with Crippen LogP contribution in [0.15, 0.2) is 18.2 Å². The smallest absolute Gasteiger partial charge is 0.125 e. The van der Waals surface area contributed by atoms with E-state index in [2.05, 4.69) is 29.5 Å². The van der Waals surface area contributed by atoms with E-state index in [1.807, 2.05) is 23.9 Å². The predicted octanol–water partition coefficient (Wildman–Crippen LogP) is 3.96. The van der Waals surface area contributed by atoms with E-state index in [1.165, 1.54) is 0 Å². The van der Waals surface area contributed by atoms with Gasteiger partial charge < -0.3 is 4.57 Å². The summed E-state index contributed by atoms with van der Waals surface area (Å²) in [5.41, 5.74) is 2.56. The number of benzene rings is 1. The molecule has 0 aliphatic heterocycles. The molecular weight excluding hydrogens is 278 g/mol. The molecular formula is C14H16ClN3S. The molecule has 3 nitrogen and oxygen atoms in total. The lowest BCUT2D eigenvalue weighted by atomic mass is 10.2. The first-order valence-electron chi connectivity index (χ1n) is 6.26. The second-order valence-corrected chi connectivity index (χ2v) is 5.94. The van der Waals surface area contributed by atoms with Gasteiger partial charge in [-0.3, -0.25) is 0 Å². The minimum atomic E-state index is 0.317. The molecule has 0 saturated carbocycles. The summed E-state index contributed by atoms with van der Waals surface area (Å²) >= 11 is 7.90. The average Bonchev–Trinajstić information content (AvgIpc) is 2.82. The molecule has 2 rings (SSSR count). The number of nitrogens with zero attached hydrogens (tertiary/aromatic N) is 3. The van der Waals surface area contributed by atoms with Crippen molar-refractivity contribution in [3.63, 3.8) is 0 Å². The number of hydrogen-bond donors (Lipinski definition) is 0. The first kappa shape index (κ1) is 14.2. The van der Waals surface area contributed by atoms with Gasteiger partial charge in [-0.2, -0.15) is 17.0 Å². The Hall–Kier alpha value is -1.18. The van der Waals surface area contributed by atoms with Gasteiger partial charge in [0.25, 0.3) is 0 Å². The van der Waals surface area contributed by atoms with Crippen molar-refractivity contribution >= 4 is 34.4 Å². The van der Waals surface area contributed by atoms with Crippen LogP contribution in [0.25, 0.3) is 11.0 Å². The van der Waals surface area contributed by atoms with Gasteiger partial charge >= 0.3 is 0 Å². The van der Waals surface area contributed by atoms with Gasteiger partial charge in [-0.05, 0) is 30.9 Å². The van der Waals surface area contributed by atoms with Crippen LogP contribution in [0, 0.1) is 11.3 Å². The Kier molecular flexibility index (Phi) is 4.73. The SMILES string of the molecule is CCSCC(C)n1c(CCl)nc2ccc(C#N)cc21. The highest BCUT2D eigenvalue weighted by Gasteiger charge is 2.15. The van der Waals surface area contributed by atoms with Gasteiger partial charge in [0.15, 0.2) is 0 Å². The van der Waals surface area contributed by atoms with Crippen molar-refractivity contribution in [2.45, 2.75) is 25.8 Å². The zero-order valence-electron chi connectivity index (χ0n) is 11.1. The van der Waals surface area contributed by atoms with Gasteiger partial charge in [0.1, 0.15) is 5.82 Å². The Balaban J connectivity index is 2.52. The van der Waals surface area contributed by atoms with Crippen LogP contribution < -0.4 is 0 Å². The molecule has 2 aromatic rings. The normalized spacial score (nSPS) is 12.5. The minimum Gasteiger partial charge on any atom is -0.323 e. The topological polar surface area (TPSA) is 41.6 Å². The molecule has 19 heavy (non-hydrogen) atoms. The lowest BCUT2D eigenvalue weighted by molar-refractivity contribution is 0.606. The molecule has 0 amide bonds. The maximum atomic E-state index is 9.02. The fourth-order valence-corrected chi connectivity index (χ4v) is 3.08. The van der Waals surface area contributed by atoms with Crippen LogP contribution in [0.1, 0.15) is 31.3 Å². The quantitative estimate of drug-likeness (QED) is 0.784. The summed E-state index contributed by atoms with van der Waals surface area (Å²) in [5, 5.41) is 9.02. The highest BCUT2D eigenvalue weighted by atomic mass is 35.5. The molecule has 0 aliphatic rings. The number of alkyl halides is 1. The van der Waals surface area contributed by atoms with E-state index in [4.69, 9.17) is 16.9 Å². The minimum absolute atomic E-state index is 0.317. The number of rotatable bonds is 5. The van der Waals surface area contributed by atoms with E-state index >= 15 is 0 Å².